The van der Waals surface area contributed by atoms with Crippen LogP contribution in [0.5, 0.6) is 0 Å². The van der Waals surface area contributed by atoms with Gasteiger partial charge < -0.3 is 4.42 Å². The molecule has 0 N–H and O–H groups in total. The Morgan fingerprint density at radius 3 is 2.59 bits per heavy atom. The van der Waals surface area contributed by atoms with Gasteiger partial charge in [0, 0.05) is 17.4 Å². The van der Waals surface area contributed by atoms with Crippen molar-refractivity contribution in [3.05, 3.63) is 71.9 Å². The van der Waals surface area contributed by atoms with Crippen molar-refractivity contribution in [2.75, 3.05) is 0 Å². The van der Waals surface area contributed by atoms with Crippen molar-refractivity contribution in [2.45, 2.75) is 36.7 Å². The summed E-state index contributed by atoms with van der Waals surface area (Å²) in [5.41, 5.74) is 2.32. The van der Waals surface area contributed by atoms with Gasteiger partial charge in [-0.05, 0) is 44.0 Å². The van der Waals surface area contributed by atoms with Crippen LogP contribution in [0.25, 0.3) is 22.8 Å². The Morgan fingerprint density at radius 2 is 1.83 bits per heavy atom. The van der Waals surface area contributed by atoms with Crippen LogP contribution in [0.3, 0.4) is 0 Å². The fraction of sp³-hybridized carbons (Fsp3) is 0.227. The van der Waals surface area contributed by atoms with Crippen molar-refractivity contribution in [1.29, 1.82) is 0 Å². The summed E-state index contributed by atoms with van der Waals surface area (Å²) in [4.78, 5) is 4.66. The number of hydrogen-bond acceptors (Lipinski definition) is 5. The van der Waals surface area contributed by atoms with E-state index in [9.17, 15) is 4.39 Å². The molecule has 0 atom stereocenters. The van der Waals surface area contributed by atoms with E-state index in [1.54, 1.807) is 23.9 Å². The van der Waals surface area contributed by atoms with Gasteiger partial charge in [0.25, 0.3) is 0 Å². The van der Waals surface area contributed by atoms with Crippen LogP contribution in [0.2, 0.25) is 0 Å². The molecule has 2 aromatic heterocycles. The second-order valence-electron chi connectivity index (χ2n) is 7.06. The van der Waals surface area contributed by atoms with Crippen molar-refractivity contribution >= 4 is 11.8 Å². The maximum absolute atomic E-state index is 14.3. The largest absolute Gasteiger partial charge is 0.441 e. The summed E-state index contributed by atoms with van der Waals surface area (Å²) in [5.74, 6) is 2.34. The number of hydrogen-bond donors (Lipinski definition) is 0. The van der Waals surface area contributed by atoms with Gasteiger partial charge in [-0.1, -0.05) is 42.1 Å². The van der Waals surface area contributed by atoms with Crippen LogP contribution in [0.15, 0.2) is 64.2 Å². The molecule has 0 unspecified atom stereocenters. The molecule has 5 rings (SSSR count). The highest BCUT2D eigenvalue weighted by Crippen LogP contribution is 2.42. The smallest absolute Gasteiger partial charge is 0.226 e. The highest BCUT2D eigenvalue weighted by molar-refractivity contribution is 7.98. The molecule has 1 aliphatic rings. The fourth-order valence-corrected chi connectivity index (χ4v) is 4.27. The van der Waals surface area contributed by atoms with Crippen LogP contribution >= 0.6 is 11.8 Å². The minimum Gasteiger partial charge on any atom is -0.441 e. The standard InChI is InChI=1S/C22H19FN4OS/c1-14-19(24-21(28-14)15-7-3-2-4-8-15)13-29-22-26-25-20(27(22)16-11-12-16)17-9-5-6-10-18(17)23/h2-10,16H,11-13H2,1H3. The van der Waals surface area contributed by atoms with Crippen LogP contribution in [-0.4, -0.2) is 19.7 Å². The molecule has 4 aromatic rings. The number of oxazole rings is 1. The Bertz CT molecular complexity index is 1150. The second kappa shape index (κ2) is 7.48. The molecule has 0 aliphatic heterocycles. The minimum atomic E-state index is -0.279. The first-order valence-electron chi connectivity index (χ1n) is 9.55. The molecule has 1 aliphatic carbocycles. The number of benzene rings is 2. The molecule has 0 saturated heterocycles. The van der Waals surface area contributed by atoms with Crippen LogP contribution in [-0.2, 0) is 5.75 Å². The van der Waals surface area contributed by atoms with Gasteiger partial charge in [-0.25, -0.2) is 9.37 Å². The first-order chi connectivity index (χ1) is 14.2. The van der Waals surface area contributed by atoms with Gasteiger partial charge in [-0.2, -0.15) is 0 Å². The number of aryl methyl sites for hydroxylation is 1. The van der Waals surface area contributed by atoms with Gasteiger partial charge in [0.05, 0.1) is 11.3 Å². The zero-order valence-electron chi connectivity index (χ0n) is 15.9. The zero-order valence-corrected chi connectivity index (χ0v) is 16.7. The van der Waals surface area contributed by atoms with Gasteiger partial charge in [-0.15, -0.1) is 10.2 Å². The molecule has 2 aromatic carbocycles. The molecular weight excluding hydrogens is 387 g/mol. The normalized spacial score (nSPS) is 13.7. The number of halogens is 1. The predicted octanol–water partition coefficient (Wildman–Crippen LogP) is 5.67. The number of thioether (sulfide) groups is 1. The molecule has 5 nitrogen and oxygen atoms in total. The Hall–Kier alpha value is -2.93. The van der Waals surface area contributed by atoms with E-state index in [-0.39, 0.29) is 5.82 Å². The molecule has 0 radical (unpaired) electrons. The first kappa shape index (κ1) is 18.1. The van der Waals surface area contributed by atoms with E-state index in [4.69, 9.17) is 4.42 Å². The molecular formula is C22H19FN4OS. The number of nitrogens with zero attached hydrogens (tertiary/aromatic N) is 4. The third kappa shape index (κ3) is 3.58. The Kier molecular flexibility index (Phi) is 4.67. The highest BCUT2D eigenvalue weighted by atomic mass is 32.2. The zero-order chi connectivity index (χ0) is 19.8. The molecule has 1 fully saturated rings. The summed E-state index contributed by atoms with van der Waals surface area (Å²) in [5, 5.41) is 9.45. The summed E-state index contributed by atoms with van der Waals surface area (Å²) >= 11 is 1.56. The van der Waals surface area contributed by atoms with Crippen molar-refractivity contribution in [3.63, 3.8) is 0 Å². The van der Waals surface area contributed by atoms with Gasteiger partial charge in [-0.3, -0.25) is 4.57 Å². The van der Waals surface area contributed by atoms with Crippen molar-refractivity contribution in [1.82, 2.24) is 19.7 Å². The quantitative estimate of drug-likeness (QED) is 0.386. The van der Waals surface area contributed by atoms with Crippen LogP contribution in [0, 0.1) is 12.7 Å². The summed E-state index contributed by atoms with van der Waals surface area (Å²) in [6, 6.07) is 16.9. The number of rotatable bonds is 6. The molecule has 2 heterocycles. The Balaban J connectivity index is 1.41. The van der Waals surface area contributed by atoms with E-state index in [0.717, 1.165) is 35.0 Å². The lowest BCUT2D eigenvalue weighted by Gasteiger charge is -2.09. The van der Waals surface area contributed by atoms with Crippen LogP contribution in [0.1, 0.15) is 30.3 Å². The maximum Gasteiger partial charge on any atom is 0.226 e. The van der Waals surface area contributed by atoms with Gasteiger partial charge in [0.2, 0.25) is 5.89 Å². The Morgan fingerprint density at radius 1 is 1.07 bits per heavy atom. The molecule has 7 heteroatoms. The lowest BCUT2D eigenvalue weighted by molar-refractivity contribution is 0.540. The van der Waals surface area contributed by atoms with Crippen LogP contribution in [0.4, 0.5) is 4.39 Å². The monoisotopic (exact) mass is 406 g/mol. The summed E-state index contributed by atoms with van der Waals surface area (Å²) < 4.78 is 22.2. The van der Waals surface area contributed by atoms with Gasteiger partial charge in [0.1, 0.15) is 11.6 Å². The van der Waals surface area contributed by atoms with Crippen molar-refractivity contribution in [2.24, 2.45) is 0 Å². The van der Waals surface area contributed by atoms with Crippen molar-refractivity contribution in [3.8, 4) is 22.8 Å². The molecule has 146 valence electrons. The maximum atomic E-state index is 14.3. The summed E-state index contributed by atoms with van der Waals surface area (Å²) in [6.07, 6.45) is 2.13. The summed E-state index contributed by atoms with van der Waals surface area (Å²) in [7, 11) is 0. The topological polar surface area (TPSA) is 56.7 Å². The molecule has 0 spiro atoms. The first-order valence-corrected chi connectivity index (χ1v) is 10.5. The fourth-order valence-electron chi connectivity index (χ4n) is 3.26. The van der Waals surface area contributed by atoms with Crippen molar-refractivity contribution < 1.29 is 8.81 Å². The number of aromatic nitrogens is 4. The predicted molar refractivity (Wildman–Crippen MR) is 110 cm³/mol. The highest BCUT2D eigenvalue weighted by Gasteiger charge is 2.31. The molecule has 0 amide bonds. The summed E-state index contributed by atoms with van der Waals surface area (Å²) in [6.45, 7) is 1.92. The van der Waals surface area contributed by atoms with Gasteiger partial charge >= 0.3 is 0 Å². The van der Waals surface area contributed by atoms with E-state index < -0.39 is 0 Å². The van der Waals surface area contributed by atoms with E-state index in [0.29, 0.717) is 29.1 Å². The SMILES string of the molecule is Cc1oc(-c2ccccc2)nc1CSc1nnc(-c2ccccc2F)n1C1CC1. The average molecular weight is 406 g/mol. The van der Waals surface area contributed by atoms with E-state index in [1.807, 2.05) is 43.3 Å². The van der Waals surface area contributed by atoms with E-state index in [2.05, 4.69) is 19.7 Å². The van der Waals surface area contributed by atoms with E-state index in [1.165, 1.54) is 6.07 Å². The van der Waals surface area contributed by atoms with Crippen LogP contribution < -0.4 is 0 Å². The minimum absolute atomic E-state index is 0.279. The molecule has 29 heavy (non-hydrogen) atoms. The Labute approximate surface area is 172 Å². The molecule has 0 bridgehead atoms. The average Bonchev–Trinajstić information content (AvgIpc) is 3.39. The molecule has 1 saturated carbocycles. The lowest BCUT2D eigenvalue weighted by Crippen LogP contribution is -2.01. The second-order valence-corrected chi connectivity index (χ2v) is 8.01. The van der Waals surface area contributed by atoms with Gasteiger partial charge in [0.15, 0.2) is 11.0 Å². The third-order valence-electron chi connectivity index (χ3n) is 4.94. The third-order valence-corrected chi connectivity index (χ3v) is 5.90. The van der Waals surface area contributed by atoms with E-state index >= 15 is 0 Å². The lowest BCUT2D eigenvalue weighted by atomic mass is 10.2.